The monoisotopic (exact) mass is 464 g/mol. The SMILES string of the molecule is Cc1ccccc1NC(=O)Cc1nc(COC(=O)Cn2[nH]c(=O)c3ccccc3c2=O)cs1. The summed E-state index contributed by atoms with van der Waals surface area (Å²) in [5, 5.41) is 8.01. The molecule has 2 aromatic carbocycles. The fourth-order valence-corrected chi connectivity index (χ4v) is 4.01. The molecule has 0 spiro atoms. The van der Waals surface area contributed by atoms with E-state index < -0.39 is 23.6 Å². The molecule has 0 bridgehead atoms. The Balaban J connectivity index is 1.33. The highest BCUT2D eigenvalue weighted by molar-refractivity contribution is 7.09. The van der Waals surface area contributed by atoms with Gasteiger partial charge in [-0.05, 0) is 30.7 Å². The number of carbonyl (C=O) groups excluding carboxylic acids is 2. The molecule has 2 heterocycles. The molecule has 9 nitrogen and oxygen atoms in total. The number of esters is 1. The fraction of sp³-hybridized carbons (Fsp3) is 0.174. The second-order valence-electron chi connectivity index (χ2n) is 7.31. The lowest BCUT2D eigenvalue weighted by molar-refractivity contribution is -0.146. The number of anilines is 1. The van der Waals surface area contributed by atoms with Crippen LogP contribution in [0.2, 0.25) is 0 Å². The number of nitrogens with zero attached hydrogens (tertiary/aromatic N) is 2. The van der Waals surface area contributed by atoms with Gasteiger partial charge in [0.25, 0.3) is 11.1 Å². The maximum atomic E-state index is 12.5. The van der Waals surface area contributed by atoms with Crippen molar-refractivity contribution in [3.8, 4) is 0 Å². The summed E-state index contributed by atoms with van der Waals surface area (Å²) in [5.74, 6) is -0.892. The highest BCUT2D eigenvalue weighted by Gasteiger charge is 2.13. The van der Waals surface area contributed by atoms with E-state index in [0.717, 1.165) is 15.9 Å². The Hall–Kier alpha value is -4.05. The molecule has 0 unspecified atom stereocenters. The minimum absolute atomic E-state index is 0.0979. The van der Waals surface area contributed by atoms with E-state index in [1.807, 2.05) is 31.2 Å². The first-order valence-electron chi connectivity index (χ1n) is 10.1. The van der Waals surface area contributed by atoms with Crippen LogP contribution in [0, 0.1) is 6.92 Å². The van der Waals surface area contributed by atoms with E-state index in [-0.39, 0.29) is 29.7 Å². The van der Waals surface area contributed by atoms with Crippen molar-refractivity contribution < 1.29 is 14.3 Å². The van der Waals surface area contributed by atoms with Crippen molar-refractivity contribution in [1.82, 2.24) is 14.8 Å². The molecule has 2 N–H and O–H groups in total. The number of aryl methyl sites for hydroxylation is 1. The smallest absolute Gasteiger partial charge is 0.328 e. The van der Waals surface area contributed by atoms with Crippen LogP contribution in [0.1, 0.15) is 16.3 Å². The van der Waals surface area contributed by atoms with Gasteiger partial charge in [-0.15, -0.1) is 11.3 Å². The van der Waals surface area contributed by atoms with Gasteiger partial charge >= 0.3 is 5.97 Å². The number of amides is 1. The maximum Gasteiger partial charge on any atom is 0.328 e. The Morgan fingerprint density at radius 2 is 1.82 bits per heavy atom. The van der Waals surface area contributed by atoms with Gasteiger partial charge in [0.15, 0.2) is 0 Å². The van der Waals surface area contributed by atoms with Crippen LogP contribution in [0.5, 0.6) is 0 Å². The number of hydrogen-bond acceptors (Lipinski definition) is 7. The van der Waals surface area contributed by atoms with Gasteiger partial charge in [0.05, 0.1) is 22.9 Å². The molecule has 0 aliphatic heterocycles. The fourth-order valence-electron chi connectivity index (χ4n) is 3.23. The third kappa shape index (κ3) is 5.24. The standard InChI is InChI=1S/C23H20N4O5S/c1-14-6-2-5-9-18(14)25-19(28)10-20-24-15(13-33-20)12-32-21(29)11-27-23(31)17-8-4-3-7-16(17)22(30)26-27/h2-9,13H,10-12H2,1H3,(H,25,28)(H,26,30). The Labute approximate surface area is 191 Å². The summed E-state index contributed by atoms with van der Waals surface area (Å²) < 4.78 is 6.12. The predicted molar refractivity (Wildman–Crippen MR) is 124 cm³/mol. The summed E-state index contributed by atoms with van der Waals surface area (Å²) in [6.45, 7) is 1.36. The van der Waals surface area contributed by atoms with E-state index in [0.29, 0.717) is 10.7 Å². The van der Waals surface area contributed by atoms with Crippen LogP contribution in [0.3, 0.4) is 0 Å². The molecule has 0 aliphatic carbocycles. The number of ether oxygens (including phenoxy) is 1. The summed E-state index contributed by atoms with van der Waals surface area (Å²) in [6, 6.07) is 13.9. The molecular formula is C23H20N4O5S. The first kappa shape index (κ1) is 22.2. The van der Waals surface area contributed by atoms with Gasteiger partial charge in [0.1, 0.15) is 18.2 Å². The molecule has 0 saturated heterocycles. The predicted octanol–water partition coefficient (Wildman–Crippen LogP) is 2.38. The first-order chi connectivity index (χ1) is 15.9. The van der Waals surface area contributed by atoms with Crippen LogP contribution in [-0.2, 0) is 33.9 Å². The van der Waals surface area contributed by atoms with Crippen molar-refractivity contribution in [3.63, 3.8) is 0 Å². The summed E-state index contributed by atoms with van der Waals surface area (Å²) in [6.07, 6.45) is 0.0979. The van der Waals surface area contributed by atoms with Crippen LogP contribution in [0.4, 0.5) is 5.69 Å². The van der Waals surface area contributed by atoms with Crippen molar-refractivity contribution in [2.24, 2.45) is 0 Å². The first-order valence-corrected chi connectivity index (χ1v) is 10.9. The molecule has 4 rings (SSSR count). The molecule has 2 aromatic heterocycles. The van der Waals surface area contributed by atoms with Gasteiger partial charge in [-0.3, -0.25) is 24.3 Å². The molecule has 4 aromatic rings. The average molecular weight is 465 g/mol. The Morgan fingerprint density at radius 1 is 1.09 bits per heavy atom. The maximum absolute atomic E-state index is 12.5. The van der Waals surface area contributed by atoms with Crippen LogP contribution in [0.25, 0.3) is 10.8 Å². The minimum atomic E-state index is -0.699. The number of H-pyrrole nitrogens is 1. The zero-order chi connectivity index (χ0) is 23.4. The number of aromatic amines is 1. The van der Waals surface area contributed by atoms with Crippen molar-refractivity contribution in [2.45, 2.75) is 26.5 Å². The second-order valence-corrected chi connectivity index (χ2v) is 8.25. The number of para-hydroxylation sites is 1. The summed E-state index contributed by atoms with van der Waals surface area (Å²) >= 11 is 1.29. The minimum Gasteiger partial charge on any atom is -0.458 e. The molecule has 33 heavy (non-hydrogen) atoms. The van der Waals surface area contributed by atoms with E-state index in [4.69, 9.17) is 4.74 Å². The number of aromatic nitrogens is 3. The Bertz CT molecular complexity index is 1450. The number of carbonyl (C=O) groups is 2. The molecular weight excluding hydrogens is 444 g/mol. The van der Waals surface area contributed by atoms with E-state index in [2.05, 4.69) is 15.4 Å². The summed E-state index contributed by atoms with van der Waals surface area (Å²) in [5.41, 5.74) is 1.25. The number of fused-ring (bicyclic) bond motifs is 1. The van der Waals surface area contributed by atoms with Gasteiger partial charge in [-0.1, -0.05) is 30.3 Å². The molecule has 168 valence electrons. The van der Waals surface area contributed by atoms with Gasteiger partial charge in [-0.25, -0.2) is 9.67 Å². The lowest BCUT2D eigenvalue weighted by Crippen LogP contribution is -2.32. The van der Waals surface area contributed by atoms with Gasteiger partial charge < -0.3 is 10.1 Å². The lowest BCUT2D eigenvalue weighted by Gasteiger charge is -2.07. The molecule has 1 amide bonds. The molecule has 0 atom stereocenters. The zero-order valence-corrected chi connectivity index (χ0v) is 18.5. The topological polar surface area (TPSA) is 123 Å². The van der Waals surface area contributed by atoms with Crippen LogP contribution in [0.15, 0.2) is 63.5 Å². The largest absolute Gasteiger partial charge is 0.458 e. The number of benzene rings is 2. The molecule has 0 saturated carbocycles. The second kappa shape index (κ2) is 9.61. The van der Waals surface area contributed by atoms with Crippen LogP contribution < -0.4 is 16.4 Å². The van der Waals surface area contributed by atoms with E-state index in [1.54, 1.807) is 23.6 Å². The number of thiazole rings is 1. The van der Waals surface area contributed by atoms with Gasteiger partial charge in [0.2, 0.25) is 5.91 Å². The number of hydrogen-bond donors (Lipinski definition) is 2. The Kier molecular flexibility index (Phi) is 6.45. The van der Waals surface area contributed by atoms with Crippen LogP contribution in [-0.4, -0.2) is 26.6 Å². The van der Waals surface area contributed by atoms with E-state index in [1.165, 1.54) is 17.4 Å². The Morgan fingerprint density at radius 3 is 2.61 bits per heavy atom. The summed E-state index contributed by atoms with van der Waals surface area (Å²) in [7, 11) is 0. The van der Waals surface area contributed by atoms with Gasteiger partial charge in [-0.2, -0.15) is 0 Å². The van der Waals surface area contributed by atoms with Crippen molar-refractivity contribution >= 4 is 39.7 Å². The molecule has 10 heteroatoms. The van der Waals surface area contributed by atoms with Crippen LogP contribution >= 0.6 is 11.3 Å². The highest BCUT2D eigenvalue weighted by atomic mass is 32.1. The average Bonchev–Trinajstić information content (AvgIpc) is 3.24. The third-order valence-electron chi connectivity index (χ3n) is 4.88. The third-order valence-corrected chi connectivity index (χ3v) is 5.78. The molecule has 0 radical (unpaired) electrons. The molecule has 0 aliphatic rings. The van der Waals surface area contributed by atoms with E-state index >= 15 is 0 Å². The normalized spacial score (nSPS) is 10.8. The van der Waals surface area contributed by atoms with Crippen molar-refractivity contribution in [2.75, 3.05) is 5.32 Å². The zero-order valence-electron chi connectivity index (χ0n) is 17.7. The van der Waals surface area contributed by atoms with Gasteiger partial charge in [0, 0.05) is 11.1 Å². The van der Waals surface area contributed by atoms with E-state index in [9.17, 15) is 19.2 Å². The highest BCUT2D eigenvalue weighted by Crippen LogP contribution is 2.16. The lowest BCUT2D eigenvalue weighted by atomic mass is 10.2. The number of rotatable bonds is 7. The molecule has 0 fully saturated rings. The quantitative estimate of drug-likeness (QED) is 0.405. The summed E-state index contributed by atoms with van der Waals surface area (Å²) in [4.78, 5) is 53.4. The van der Waals surface area contributed by atoms with Crippen molar-refractivity contribution in [1.29, 1.82) is 0 Å². The number of nitrogens with one attached hydrogen (secondary N) is 2. The van der Waals surface area contributed by atoms with Crippen molar-refractivity contribution in [3.05, 3.63) is 90.9 Å².